The van der Waals surface area contributed by atoms with E-state index in [2.05, 4.69) is 5.32 Å². The van der Waals surface area contributed by atoms with Crippen molar-refractivity contribution in [3.63, 3.8) is 0 Å². The highest BCUT2D eigenvalue weighted by Gasteiger charge is 2.19. The highest BCUT2D eigenvalue weighted by molar-refractivity contribution is 8.00. The summed E-state index contributed by atoms with van der Waals surface area (Å²) in [6.45, 7) is 2.33. The molecule has 0 aromatic heterocycles. The molecule has 0 saturated carbocycles. The number of hydrogen-bond acceptors (Lipinski definition) is 6. The molecule has 1 amide bonds. The van der Waals surface area contributed by atoms with E-state index < -0.39 is 5.25 Å². The molecular weight excluding hydrogens is 354 g/mol. The number of fused-ring (bicyclic) bond motifs is 1. The summed E-state index contributed by atoms with van der Waals surface area (Å²) < 4.78 is 15.4. The molecule has 0 spiro atoms. The van der Waals surface area contributed by atoms with E-state index in [0.717, 1.165) is 10.5 Å². The fourth-order valence-electron chi connectivity index (χ4n) is 2.49. The van der Waals surface area contributed by atoms with Gasteiger partial charge in [0, 0.05) is 11.4 Å². The molecule has 1 aliphatic rings. The highest BCUT2D eigenvalue weighted by atomic mass is 32.2. The Morgan fingerprint density at radius 1 is 1.19 bits per heavy atom. The zero-order valence-corrected chi connectivity index (χ0v) is 15.3. The standard InChI is InChI=1S/C19H19NO5S/c1-12(19(22)23-2)26-17-6-4-3-5-14(17)18(21)20-10-13-7-8-15-16(9-13)25-11-24-15/h3-9,12H,10-11H2,1-2H3,(H,20,21). The Morgan fingerprint density at radius 3 is 2.77 bits per heavy atom. The van der Waals surface area contributed by atoms with Gasteiger partial charge in [-0.3, -0.25) is 9.59 Å². The molecule has 3 rings (SSSR count). The second-order valence-corrected chi connectivity index (χ2v) is 7.03. The normalized spacial score (nSPS) is 13.2. The van der Waals surface area contributed by atoms with Gasteiger partial charge >= 0.3 is 5.97 Å². The van der Waals surface area contributed by atoms with E-state index in [9.17, 15) is 9.59 Å². The molecule has 1 atom stereocenters. The summed E-state index contributed by atoms with van der Waals surface area (Å²) in [5, 5.41) is 2.50. The Bertz CT molecular complexity index is 823. The van der Waals surface area contributed by atoms with Gasteiger partial charge in [0.05, 0.1) is 12.7 Å². The smallest absolute Gasteiger partial charge is 0.318 e. The van der Waals surface area contributed by atoms with Gasteiger partial charge in [-0.2, -0.15) is 0 Å². The number of nitrogens with one attached hydrogen (secondary N) is 1. The summed E-state index contributed by atoms with van der Waals surface area (Å²) in [7, 11) is 1.35. The number of methoxy groups -OCH3 is 1. The zero-order chi connectivity index (χ0) is 18.5. The minimum Gasteiger partial charge on any atom is -0.468 e. The van der Waals surface area contributed by atoms with Crippen LogP contribution in [-0.2, 0) is 16.1 Å². The van der Waals surface area contributed by atoms with E-state index in [0.29, 0.717) is 23.6 Å². The molecule has 1 aliphatic heterocycles. The number of carbonyl (C=O) groups excluding carboxylic acids is 2. The van der Waals surface area contributed by atoms with Crippen molar-refractivity contribution in [2.24, 2.45) is 0 Å². The minimum absolute atomic E-state index is 0.206. The summed E-state index contributed by atoms with van der Waals surface area (Å²) in [4.78, 5) is 25.0. The van der Waals surface area contributed by atoms with Crippen molar-refractivity contribution >= 4 is 23.6 Å². The van der Waals surface area contributed by atoms with Crippen molar-refractivity contribution in [2.45, 2.75) is 23.6 Å². The van der Waals surface area contributed by atoms with Crippen molar-refractivity contribution in [2.75, 3.05) is 13.9 Å². The largest absolute Gasteiger partial charge is 0.468 e. The molecule has 0 saturated heterocycles. The fourth-order valence-corrected chi connectivity index (χ4v) is 3.51. The first-order chi connectivity index (χ1) is 12.6. The number of rotatable bonds is 6. The van der Waals surface area contributed by atoms with Crippen molar-refractivity contribution in [3.8, 4) is 11.5 Å². The van der Waals surface area contributed by atoms with Gasteiger partial charge in [-0.15, -0.1) is 11.8 Å². The predicted molar refractivity (Wildman–Crippen MR) is 97.5 cm³/mol. The number of esters is 1. The van der Waals surface area contributed by atoms with Gasteiger partial charge in [-0.1, -0.05) is 18.2 Å². The topological polar surface area (TPSA) is 73.9 Å². The Balaban J connectivity index is 1.67. The maximum atomic E-state index is 12.6. The molecule has 0 fully saturated rings. The lowest BCUT2D eigenvalue weighted by atomic mass is 10.1. The molecule has 26 heavy (non-hydrogen) atoms. The van der Waals surface area contributed by atoms with E-state index in [1.807, 2.05) is 30.3 Å². The molecule has 136 valence electrons. The van der Waals surface area contributed by atoms with Crippen molar-refractivity contribution in [3.05, 3.63) is 53.6 Å². The molecule has 2 aromatic carbocycles. The van der Waals surface area contributed by atoms with Gasteiger partial charge in [0.15, 0.2) is 11.5 Å². The molecule has 0 radical (unpaired) electrons. The lowest BCUT2D eigenvalue weighted by Crippen LogP contribution is -2.24. The molecule has 6 nitrogen and oxygen atoms in total. The summed E-state index contributed by atoms with van der Waals surface area (Å²) in [5.74, 6) is 0.853. The van der Waals surface area contributed by atoms with Crippen LogP contribution in [0.4, 0.5) is 0 Å². The first kappa shape index (κ1) is 18.1. The number of hydrogen-bond donors (Lipinski definition) is 1. The fraction of sp³-hybridized carbons (Fsp3) is 0.263. The quantitative estimate of drug-likeness (QED) is 0.620. The Kier molecular flexibility index (Phi) is 5.68. The van der Waals surface area contributed by atoms with Crippen LogP contribution in [-0.4, -0.2) is 31.0 Å². The number of ether oxygens (including phenoxy) is 3. The number of thioether (sulfide) groups is 1. The van der Waals surface area contributed by atoms with Gasteiger partial charge in [-0.05, 0) is 36.8 Å². The lowest BCUT2D eigenvalue weighted by molar-refractivity contribution is -0.139. The average molecular weight is 373 g/mol. The van der Waals surface area contributed by atoms with Crippen LogP contribution in [0.1, 0.15) is 22.8 Å². The van der Waals surface area contributed by atoms with E-state index in [4.69, 9.17) is 14.2 Å². The van der Waals surface area contributed by atoms with Crippen LogP contribution in [0.15, 0.2) is 47.4 Å². The third-order valence-corrected chi connectivity index (χ3v) is 5.01. The van der Waals surface area contributed by atoms with Crippen LogP contribution in [0.2, 0.25) is 0 Å². The van der Waals surface area contributed by atoms with Crippen LogP contribution in [0.25, 0.3) is 0 Å². The molecule has 1 N–H and O–H groups in total. The van der Waals surface area contributed by atoms with Gasteiger partial charge in [0.25, 0.3) is 5.91 Å². The summed E-state index contributed by atoms with van der Waals surface area (Å²) in [6, 6.07) is 12.7. The second kappa shape index (κ2) is 8.14. The number of carbonyl (C=O) groups is 2. The minimum atomic E-state index is -0.400. The van der Waals surface area contributed by atoms with Crippen molar-refractivity contribution < 1.29 is 23.8 Å². The van der Waals surface area contributed by atoms with Gasteiger partial charge in [0.2, 0.25) is 6.79 Å². The maximum Gasteiger partial charge on any atom is 0.318 e. The summed E-state index contributed by atoms with van der Waals surface area (Å²) in [6.07, 6.45) is 0. The van der Waals surface area contributed by atoms with Crippen LogP contribution < -0.4 is 14.8 Å². The zero-order valence-electron chi connectivity index (χ0n) is 14.5. The Morgan fingerprint density at radius 2 is 1.96 bits per heavy atom. The predicted octanol–water partition coefficient (Wildman–Crippen LogP) is 3.00. The average Bonchev–Trinajstić information content (AvgIpc) is 3.13. The van der Waals surface area contributed by atoms with Crippen LogP contribution >= 0.6 is 11.8 Å². The first-order valence-corrected chi connectivity index (χ1v) is 8.96. The maximum absolute atomic E-state index is 12.6. The molecule has 0 aliphatic carbocycles. The van der Waals surface area contributed by atoms with E-state index >= 15 is 0 Å². The third-order valence-electron chi connectivity index (χ3n) is 3.86. The molecular formula is C19H19NO5S. The molecule has 7 heteroatoms. The van der Waals surface area contributed by atoms with Gasteiger partial charge < -0.3 is 19.5 Å². The van der Waals surface area contributed by atoms with Crippen LogP contribution in [0.3, 0.4) is 0 Å². The van der Waals surface area contributed by atoms with Crippen LogP contribution in [0.5, 0.6) is 11.5 Å². The van der Waals surface area contributed by atoms with Gasteiger partial charge in [-0.25, -0.2) is 0 Å². The third kappa shape index (κ3) is 4.11. The Labute approximate surface area is 155 Å². The summed E-state index contributed by atoms with van der Waals surface area (Å²) in [5.41, 5.74) is 1.43. The Hall–Kier alpha value is -2.67. The summed E-state index contributed by atoms with van der Waals surface area (Å²) >= 11 is 1.30. The van der Waals surface area contributed by atoms with Crippen molar-refractivity contribution in [1.82, 2.24) is 5.32 Å². The van der Waals surface area contributed by atoms with Crippen LogP contribution in [0, 0.1) is 0 Å². The van der Waals surface area contributed by atoms with E-state index in [1.54, 1.807) is 19.1 Å². The van der Waals surface area contributed by atoms with E-state index in [1.165, 1.54) is 18.9 Å². The molecule has 1 heterocycles. The number of amides is 1. The second-order valence-electron chi connectivity index (χ2n) is 5.65. The SMILES string of the molecule is COC(=O)C(C)Sc1ccccc1C(=O)NCc1ccc2c(c1)OCO2. The molecule has 1 unspecified atom stereocenters. The monoisotopic (exact) mass is 373 g/mol. The first-order valence-electron chi connectivity index (χ1n) is 8.08. The number of benzene rings is 2. The van der Waals surface area contributed by atoms with Gasteiger partial charge in [0.1, 0.15) is 5.25 Å². The molecule has 2 aromatic rings. The van der Waals surface area contributed by atoms with Crippen molar-refractivity contribution in [1.29, 1.82) is 0 Å². The highest BCUT2D eigenvalue weighted by Crippen LogP contribution is 2.32. The van der Waals surface area contributed by atoms with E-state index in [-0.39, 0.29) is 18.7 Å². The molecule has 0 bridgehead atoms. The lowest BCUT2D eigenvalue weighted by Gasteiger charge is -2.13.